The predicted molar refractivity (Wildman–Crippen MR) is 85.2 cm³/mol. The second-order valence-electron chi connectivity index (χ2n) is 6.55. The number of aromatic nitrogens is 2. The summed E-state index contributed by atoms with van der Waals surface area (Å²) < 4.78 is 6.05. The van der Waals surface area contributed by atoms with Crippen LogP contribution < -0.4 is 10.1 Å². The molecule has 2 rings (SSSR count). The van der Waals surface area contributed by atoms with Gasteiger partial charge in [0.1, 0.15) is 6.10 Å². The van der Waals surface area contributed by atoms with E-state index in [9.17, 15) is 0 Å². The monoisotopic (exact) mass is 291 g/mol. The van der Waals surface area contributed by atoms with Crippen LogP contribution in [0.15, 0.2) is 12.4 Å². The minimum Gasteiger partial charge on any atom is -0.473 e. The Kier molecular flexibility index (Phi) is 6.43. The van der Waals surface area contributed by atoms with Gasteiger partial charge < -0.3 is 10.1 Å². The van der Waals surface area contributed by atoms with Crippen LogP contribution in [0.1, 0.15) is 58.6 Å². The third-order valence-electron chi connectivity index (χ3n) is 4.12. The van der Waals surface area contributed by atoms with Gasteiger partial charge in [-0.1, -0.05) is 33.6 Å². The van der Waals surface area contributed by atoms with Gasteiger partial charge in [0.05, 0.1) is 11.9 Å². The lowest BCUT2D eigenvalue weighted by Crippen LogP contribution is -2.26. The van der Waals surface area contributed by atoms with Crippen molar-refractivity contribution < 1.29 is 4.74 Å². The highest BCUT2D eigenvalue weighted by Gasteiger charge is 2.22. The Hall–Kier alpha value is -1.16. The Labute approximate surface area is 128 Å². The van der Waals surface area contributed by atoms with Crippen molar-refractivity contribution >= 4 is 0 Å². The van der Waals surface area contributed by atoms with E-state index >= 15 is 0 Å². The van der Waals surface area contributed by atoms with Crippen molar-refractivity contribution in [2.45, 2.75) is 65.5 Å². The first-order chi connectivity index (χ1) is 10.2. The molecule has 1 aliphatic rings. The molecule has 1 aliphatic carbocycles. The molecular weight excluding hydrogens is 262 g/mol. The molecular formula is C17H29N3O. The largest absolute Gasteiger partial charge is 0.473 e. The average Bonchev–Trinajstić information content (AvgIpc) is 2.47. The van der Waals surface area contributed by atoms with Gasteiger partial charge in [0.2, 0.25) is 5.88 Å². The van der Waals surface area contributed by atoms with E-state index in [-0.39, 0.29) is 0 Å². The van der Waals surface area contributed by atoms with Gasteiger partial charge in [0.15, 0.2) is 0 Å². The summed E-state index contributed by atoms with van der Waals surface area (Å²) in [7, 11) is 0. The van der Waals surface area contributed by atoms with Crippen LogP contribution in [0.3, 0.4) is 0 Å². The van der Waals surface area contributed by atoms with Crippen LogP contribution in [-0.2, 0) is 6.54 Å². The first kappa shape index (κ1) is 16.2. The first-order valence-corrected chi connectivity index (χ1v) is 8.35. The van der Waals surface area contributed by atoms with E-state index in [2.05, 4.69) is 36.1 Å². The summed E-state index contributed by atoms with van der Waals surface area (Å²) in [6.07, 6.45) is 10.1. The number of nitrogens with one attached hydrogen (secondary N) is 1. The summed E-state index contributed by atoms with van der Waals surface area (Å²) in [5.74, 6) is 2.14. The maximum Gasteiger partial charge on any atom is 0.232 e. The molecule has 0 aliphatic heterocycles. The molecule has 1 fully saturated rings. The zero-order valence-corrected chi connectivity index (χ0v) is 13.6. The van der Waals surface area contributed by atoms with Crippen molar-refractivity contribution in [3.05, 3.63) is 18.1 Å². The fourth-order valence-corrected chi connectivity index (χ4v) is 2.91. The molecule has 1 aromatic rings. The highest BCUT2D eigenvalue weighted by atomic mass is 16.5. The second-order valence-corrected chi connectivity index (χ2v) is 6.55. The van der Waals surface area contributed by atoms with Gasteiger partial charge in [-0.15, -0.1) is 0 Å². The van der Waals surface area contributed by atoms with E-state index in [0.717, 1.165) is 37.5 Å². The number of hydrogen-bond donors (Lipinski definition) is 1. The van der Waals surface area contributed by atoms with Crippen molar-refractivity contribution in [2.24, 2.45) is 11.8 Å². The molecule has 1 aromatic heterocycles. The van der Waals surface area contributed by atoms with Crippen molar-refractivity contribution in [3.63, 3.8) is 0 Å². The number of ether oxygens (including phenoxy) is 1. The molecule has 4 heteroatoms. The van der Waals surface area contributed by atoms with E-state index in [4.69, 9.17) is 4.74 Å². The van der Waals surface area contributed by atoms with Crippen LogP contribution in [0.4, 0.5) is 0 Å². The molecule has 1 heterocycles. The maximum absolute atomic E-state index is 6.05. The molecule has 1 N–H and O–H groups in total. The van der Waals surface area contributed by atoms with Crippen LogP contribution in [-0.4, -0.2) is 22.6 Å². The Balaban J connectivity index is 1.85. The number of rotatable bonds is 7. The lowest BCUT2D eigenvalue weighted by Gasteiger charge is -2.28. The topological polar surface area (TPSA) is 47.0 Å². The van der Waals surface area contributed by atoms with Gasteiger partial charge in [-0.3, -0.25) is 4.98 Å². The minimum atomic E-state index is 0.317. The Morgan fingerprint density at radius 2 is 2.19 bits per heavy atom. The molecule has 2 atom stereocenters. The highest BCUT2D eigenvalue weighted by molar-refractivity contribution is 5.09. The van der Waals surface area contributed by atoms with E-state index in [0.29, 0.717) is 17.9 Å². The van der Waals surface area contributed by atoms with E-state index in [1.54, 1.807) is 6.20 Å². The van der Waals surface area contributed by atoms with Crippen LogP contribution >= 0.6 is 0 Å². The summed E-state index contributed by atoms with van der Waals surface area (Å²) in [4.78, 5) is 8.83. The predicted octanol–water partition coefficient (Wildman–Crippen LogP) is 3.57. The van der Waals surface area contributed by atoms with Gasteiger partial charge in [-0.2, -0.15) is 0 Å². The third-order valence-corrected chi connectivity index (χ3v) is 4.12. The summed E-state index contributed by atoms with van der Waals surface area (Å²) in [5, 5.41) is 3.39. The van der Waals surface area contributed by atoms with E-state index in [1.807, 2.05) is 6.20 Å². The molecule has 0 radical (unpaired) electrons. The van der Waals surface area contributed by atoms with Crippen molar-refractivity contribution in [1.29, 1.82) is 0 Å². The van der Waals surface area contributed by atoms with Gasteiger partial charge in [-0.25, -0.2) is 4.98 Å². The summed E-state index contributed by atoms with van der Waals surface area (Å²) in [6, 6.07) is 0. The third kappa shape index (κ3) is 5.62. The van der Waals surface area contributed by atoms with E-state index < -0.39 is 0 Å². The van der Waals surface area contributed by atoms with Crippen molar-refractivity contribution in [3.8, 4) is 5.88 Å². The highest BCUT2D eigenvalue weighted by Crippen LogP contribution is 2.28. The Bertz CT molecular complexity index is 422. The fraction of sp³-hybridized carbons (Fsp3) is 0.765. The zero-order chi connectivity index (χ0) is 15.1. The Morgan fingerprint density at radius 1 is 1.33 bits per heavy atom. The molecule has 1 saturated carbocycles. The normalized spacial score (nSPS) is 22.5. The first-order valence-electron chi connectivity index (χ1n) is 8.35. The minimum absolute atomic E-state index is 0.317. The molecule has 2 unspecified atom stereocenters. The van der Waals surface area contributed by atoms with Gasteiger partial charge >= 0.3 is 0 Å². The molecule has 0 aromatic carbocycles. The van der Waals surface area contributed by atoms with Crippen LogP contribution in [0, 0.1) is 11.8 Å². The zero-order valence-electron chi connectivity index (χ0n) is 13.6. The smallest absolute Gasteiger partial charge is 0.232 e. The molecule has 0 bridgehead atoms. The van der Waals surface area contributed by atoms with Crippen LogP contribution in [0.5, 0.6) is 5.88 Å². The SMILES string of the molecule is CCC1CCCC(Oc2cncc(CNCC(C)C)n2)C1. The average molecular weight is 291 g/mol. The summed E-state index contributed by atoms with van der Waals surface area (Å²) in [6.45, 7) is 8.42. The lowest BCUT2D eigenvalue weighted by atomic mass is 9.85. The molecule has 0 amide bonds. The Morgan fingerprint density at radius 3 is 2.95 bits per heavy atom. The fourth-order valence-electron chi connectivity index (χ4n) is 2.91. The van der Waals surface area contributed by atoms with Crippen molar-refractivity contribution in [2.75, 3.05) is 6.54 Å². The molecule has 118 valence electrons. The van der Waals surface area contributed by atoms with Gasteiger partial charge in [0, 0.05) is 12.7 Å². The van der Waals surface area contributed by atoms with Crippen molar-refractivity contribution in [1.82, 2.24) is 15.3 Å². The van der Waals surface area contributed by atoms with Gasteiger partial charge in [0.25, 0.3) is 0 Å². The summed E-state index contributed by atoms with van der Waals surface area (Å²) >= 11 is 0. The number of nitrogens with zero attached hydrogens (tertiary/aromatic N) is 2. The molecule has 0 spiro atoms. The van der Waals surface area contributed by atoms with Crippen LogP contribution in [0.2, 0.25) is 0 Å². The van der Waals surface area contributed by atoms with Crippen LogP contribution in [0.25, 0.3) is 0 Å². The lowest BCUT2D eigenvalue weighted by molar-refractivity contribution is 0.116. The second kappa shape index (κ2) is 8.32. The summed E-state index contributed by atoms with van der Waals surface area (Å²) in [5.41, 5.74) is 0.955. The molecule has 0 saturated heterocycles. The van der Waals surface area contributed by atoms with Gasteiger partial charge in [-0.05, 0) is 37.6 Å². The standard InChI is InChI=1S/C17H29N3O/c1-4-14-6-5-7-16(8-14)21-17-12-19-11-15(20-17)10-18-9-13(2)3/h11-14,16,18H,4-10H2,1-3H3. The molecule has 4 nitrogen and oxygen atoms in total. The maximum atomic E-state index is 6.05. The molecule has 21 heavy (non-hydrogen) atoms. The quantitative estimate of drug-likeness (QED) is 0.834. The van der Waals surface area contributed by atoms with E-state index in [1.165, 1.54) is 19.3 Å². The number of hydrogen-bond acceptors (Lipinski definition) is 4.